The van der Waals surface area contributed by atoms with E-state index in [1.807, 2.05) is 24.3 Å². The molecule has 0 saturated heterocycles. The number of pyridine rings is 1. The second kappa shape index (κ2) is 9.67. The molecule has 0 unspecified atom stereocenters. The second-order valence-corrected chi connectivity index (χ2v) is 6.91. The van der Waals surface area contributed by atoms with Crippen LogP contribution in [0.2, 0.25) is 0 Å². The number of carbonyl (C=O) groups is 1. The summed E-state index contributed by atoms with van der Waals surface area (Å²) in [6.07, 6.45) is 7.56. The third-order valence-electron chi connectivity index (χ3n) is 4.57. The Hall–Kier alpha value is -4.00. The Labute approximate surface area is 178 Å². The maximum absolute atomic E-state index is 14.3. The van der Waals surface area contributed by atoms with Gasteiger partial charge in [-0.25, -0.2) is 9.37 Å². The number of halogens is 1. The predicted molar refractivity (Wildman–Crippen MR) is 117 cm³/mol. The Morgan fingerprint density at radius 2 is 2.06 bits per heavy atom. The average Bonchev–Trinajstić information content (AvgIpc) is 3.20. The highest BCUT2D eigenvalue weighted by Gasteiger charge is 2.06. The average molecular weight is 416 g/mol. The number of para-hydroxylation sites is 2. The molecule has 0 radical (unpaired) electrons. The van der Waals surface area contributed by atoms with Crippen LogP contribution in [0.5, 0.6) is 11.5 Å². The van der Waals surface area contributed by atoms with Crippen molar-refractivity contribution < 1.29 is 13.9 Å². The molecule has 0 saturated carbocycles. The van der Waals surface area contributed by atoms with Crippen molar-refractivity contribution in [2.45, 2.75) is 12.8 Å². The molecule has 0 atom stereocenters. The maximum Gasteiger partial charge on any atom is 0.243 e. The van der Waals surface area contributed by atoms with E-state index >= 15 is 0 Å². The summed E-state index contributed by atoms with van der Waals surface area (Å²) in [7, 11) is 0. The molecule has 6 nitrogen and oxygen atoms in total. The molecule has 4 aromatic rings. The van der Waals surface area contributed by atoms with E-state index in [0.717, 1.165) is 29.7 Å². The molecule has 2 aromatic carbocycles. The lowest BCUT2D eigenvalue weighted by Crippen LogP contribution is -2.22. The van der Waals surface area contributed by atoms with E-state index in [1.165, 1.54) is 24.4 Å². The standard InChI is InChI=1S/C24H21FN4O2/c25-19-15-17(9-11-22(19)31-18-5-3-13-26-16-18)10-12-24(30)27-14-4-8-23-28-20-6-1-2-7-21(20)29-23/h1-3,5-7,9-13,15-16H,4,8,14H2,(H,27,30)(H,28,29)/b12-10+. The summed E-state index contributed by atoms with van der Waals surface area (Å²) in [6, 6.07) is 15.8. The van der Waals surface area contributed by atoms with Crippen molar-refractivity contribution in [3.8, 4) is 11.5 Å². The van der Waals surface area contributed by atoms with Crippen molar-refractivity contribution in [2.75, 3.05) is 6.54 Å². The smallest absolute Gasteiger partial charge is 0.243 e. The Kier molecular flexibility index (Phi) is 6.32. The molecule has 4 rings (SSSR count). The Morgan fingerprint density at radius 1 is 1.16 bits per heavy atom. The number of aromatic nitrogens is 3. The van der Waals surface area contributed by atoms with E-state index in [4.69, 9.17) is 4.74 Å². The number of rotatable bonds is 8. The predicted octanol–water partition coefficient (Wildman–Crippen LogP) is 4.65. The minimum absolute atomic E-state index is 0.0974. The number of H-pyrrole nitrogens is 1. The second-order valence-electron chi connectivity index (χ2n) is 6.91. The van der Waals surface area contributed by atoms with E-state index in [9.17, 15) is 9.18 Å². The Morgan fingerprint density at radius 3 is 2.87 bits per heavy atom. The molecule has 1 amide bonds. The summed E-state index contributed by atoms with van der Waals surface area (Å²) in [4.78, 5) is 23.7. The van der Waals surface area contributed by atoms with Gasteiger partial charge in [-0.3, -0.25) is 9.78 Å². The number of nitrogens with zero attached hydrogens (tertiary/aromatic N) is 2. The first-order chi connectivity index (χ1) is 15.2. The molecule has 7 heteroatoms. The van der Waals surface area contributed by atoms with Crippen LogP contribution in [0.25, 0.3) is 17.1 Å². The lowest BCUT2D eigenvalue weighted by atomic mass is 10.2. The molecular formula is C24H21FN4O2. The van der Waals surface area contributed by atoms with Gasteiger partial charge in [0.25, 0.3) is 0 Å². The molecule has 0 aliphatic heterocycles. The number of amides is 1. The zero-order chi connectivity index (χ0) is 21.5. The van der Waals surface area contributed by atoms with Gasteiger partial charge < -0.3 is 15.0 Å². The largest absolute Gasteiger partial charge is 0.453 e. The van der Waals surface area contributed by atoms with Gasteiger partial charge in [-0.2, -0.15) is 0 Å². The molecule has 0 fully saturated rings. The number of hydrogen-bond donors (Lipinski definition) is 2. The van der Waals surface area contributed by atoms with Gasteiger partial charge in [0, 0.05) is 25.2 Å². The van der Waals surface area contributed by atoms with E-state index in [0.29, 0.717) is 17.9 Å². The molecular weight excluding hydrogens is 395 g/mol. The number of ether oxygens (including phenoxy) is 1. The van der Waals surface area contributed by atoms with Crippen LogP contribution in [-0.2, 0) is 11.2 Å². The van der Waals surface area contributed by atoms with Gasteiger partial charge in [-0.05, 0) is 54.5 Å². The maximum atomic E-state index is 14.3. The summed E-state index contributed by atoms with van der Waals surface area (Å²) >= 11 is 0. The van der Waals surface area contributed by atoms with Crippen LogP contribution in [0.3, 0.4) is 0 Å². The number of aromatic amines is 1. The number of aryl methyl sites for hydroxylation is 1. The third-order valence-corrected chi connectivity index (χ3v) is 4.57. The van der Waals surface area contributed by atoms with Crippen LogP contribution in [0, 0.1) is 5.82 Å². The van der Waals surface area contributed by atoms with Crippen LogP contribution in [0.1, 0.15) is 17.8 Å². The number of carbonyl (C=O) groups excluding carboxylic acids is 1. The van der Waals surface area contributed by atoms with Crippen LogP contribution >= 0.6 is 0 Å². The van der Waals surface area contributed by atoms with Gasteiger partial charge >= 0.3 is 0 Å². The zero-order valence-electron chi connectivity index (χ0n) is 16.7. The van der Waals surface area contributed by atoms with Crippen LogP contribution in [0.15, 0.2) is 73.1 Å². The number of hydrogen-bond acceptors (Lipinski definition) is 4. The summed E-state index contributed by atoms with van der Waals surface area (Å²) in [5.41, 5.74) is 2.51. The van der Waals surface area contributed by atoms with Crippen molar-refractivity contribution >= 4 is 23.0 Å². The van der Waals surface area contributed by atoms with Crippen molar-refractivity contribution in [1.82, 2.24) is 20.3 Å². The number of fused-ring (bicyclic) bond motifs is 1. The fraction of sp³-hybridized carbons (Fsp3) is 0.125. The summed E-state index contributed by atoms with van der Waals surface area (Å²) in [5, 5.41) is 2.82. The van der Waals surface area contributed by atoms with Crippen molar-refractivity contribution in [1.29, 1.82) is 0 Å². The van der Waals surface area contributed by atoms with E-state index in [-0.39, 0.29) is 11.7 Å². The van der Waals surface area contributed by atoms with Gasteiger partial charge in [-0.15, -0.1) is 0 Å². The first-order valence-electron chi connectivity index (χ1n) is 9.94. The number of nitrogens with one attached hydrogen (secondary N) is 2. The Balaban J connectivity index is 1.24. The number of imidazole rings is 1. The molecule has 0 aliphatic rings. The molecule has 2 N–H and O–H groups in total. The minimum Gasteiger partial charge on any atom is -0.453 e. The fourth-order valence-corrected chi connectivity index (χ4v) is 3.06. The molecule has 2 heterocycles. The van der Waals surface area contributed by atoms with Crippen molar-refractivity contribution in [3.63, 3.8) is 0 Å². The summed E-state index contributed by atoms with van der Waals surface area (Å²) in [5.74, 6) is 0.694. The molecule has 31 heavy (non-hydrogen) atoms. The summed E-state index contributed by atoms with van der Waals surface area (Å²) in [6.45, 7) is 0.520. The molecule has 0 aliphatic carbocycles. The Bertz CT molecular complexity index is 1170. The third kappa shape index (κ3) is 5.54. The molecule has 0 spiro atoms. The highest BCUT2D eigenvalue weighted by molar-refractivity contribution is 5.91. The first kappa shape index (κ1) is 20.3. The highest BCUT2D eigenvalue weighted by Crippen LogP contribution is 2.24. The first-order valence-corrected chi connectivity index (χ1v) is 9.94. The van der Waals surface area contributed by atoms with Crippen LogP contribution in [-0.4, -0.2) is 27.4 Å². The van der Waals surface area contributed by atoms with Gasteiger partial charge in [-0.1, -0.05) is 18.2 Å². The van der Waals surface area contributed by atoms with E-state index in [1.54, 1.807) is 30.5 Å². The topological polar surface area (TPSA) is 79.9 Å². The van der Waals surface area contributed by atoms with Gasteiger partial charge in [0.2, 0.25) is 5.91 Å². The van der Waals surface area contributed by atoms with Gasteiger partial charge in [0.15, 0.2) is 11.6 Å². The molecule has 2 aromatic heterocycles. The zero-order valence-corrected chi connectivity index (χ0v) is 16.7. The molecule has 156 valence electrons. The summed E-state index contributed by atoms with van der Waals surface area (Å²) < 4.78 is 19.7. The van der Waals surface area contributed by atoms with Crippen molar-refractivity contribution in [3.05, 3.63) is 90.3 Å². The monoisotopic (exact) mass is 416 g/mol. The van der Waals surface area contributed by atoms with Crippen molar-refractivity contribution in [2.24, 2.45) is 0 Å². The van der Waals surface area contributed by atoms with Gasteiger partial charge in [0.05, 0.1) is 17.2 Å². The SMILES string of the molecule is O=C(/C=C/c1ccc(Oc2cccnc2)c(F)c1)NCCCc1nc2ccccc2[nH]1. The quantitative estimate of drug-likeness (QED) is 0.324. The van der Waals surface area contributed by atoms with E-state index < -0.39 is 5.82 Å². The van der Waals surface area contributed by atoms with Crippen LogP contribution in [0.4, 0.5) is 4.39 Å². The molecule has 0 bridgehead atoms. The van der Waals surface area contributed by atoms with Gasteiger partial charge in [0.1, 0.15) is 11.6 Å². The highest BCUT2D eigenvalue weighted by atomic mass is 19.1. The van der Waals surface area contributed by atoms with E-state index in [2.05, 4.69) is 20.3 Å². The fourth-order valence-electron chi connectivity index (χ4n) is 3.06. The lowest BCUT2D eigenvalue weighted by molar-refractivity contribution is -0.116. The minimum atomic E-state index is -0.516. The lowest BCUT2D eigenvalue weighted by Gasteiger charge is -2.06. The number of benzene rings is 2. The normalized spacial score (nSPS) is 11.1. The van der Waals surface area contributed by atoms with Crippen LogP contribution < -0.4 is 10.1 Å².